The number of nitrogens with zero attached hydrogens (tertiary/aromatic N) is 2. The summed E-state index contributed by atoms with van der Waals surface area (Å²) < 4.78 is 77.0. The Kier molecular flexibility index (Phi) is 7.20. The minimum Gasteiger partial charge on any atom is -0.481 e. The summed E-state index contributed by atoms with van der Waals surface area (Å²) >= 11 is 0. The van der Waals surface area contributed by atoms with Crippen LogP contribution in [0.5, 0.6) is 11.5 Å². The Balaban J connectivity index is 1.43. The Morgan fingerprint density at radius 3 is 2.54 bits per heavy atom. The Hall–Kier alpha value is -4.45. The highest BCUT2D eigenvalue weighted by Gasteiger charge is 2.25. The number of hydrogen-bond acceptors (Lipinski definition) is 4. The van der Waals surface area contributed by atoms with Crippen molar-refractivity contribution in [2.45, 2.75) is 19.3 Å². The quantitative estimate of drug-likeness (QED) is 0.127. The molecule has 2 heterocycles. The van der Waals surface area contributed by atoms with Gasteiger partial charge in [-0.2, -0.15) is 0 Å². The second-order valence-electron chi connectivity index (χ2n) is 9.17. The first kappa shape index (κ1) is 28.1. The zero-order valence-electron chi connectivity index (χ0n) is 21.0. The first-order valence-corrected chi connectivity index (χ1v) is 13.5. The summed E-state index contributed by atoms with van der Waals surface area (Å²) in [5.74, 6) is -7.19. The molecule has 0 aliphatic heterocycles. The molecule has 5 rings (SSSR count). The molecule has 0 saturated carbocycles. The van der Waals surface area contributed by atoms with Gasteiger partial charge in [0.2, 0.25) is 0 Å². The summed E-state index contributed by atoms with van der Waals surface area (Å²) in [7, 11) is -4.87. The van der Waals surface area contributed by atoms with Crippen LogP contribution in [0.25, 0.3) is 22.3 Å². The lowest BCUT2D eigenvalue weighted by molar-refractivity contribution is -0.138. The molecule has 0 bridgehead atoms. The van der Waals surface area contributed by atoms with Crippen molar-refractivity contribution in [3.05, 3.63) is 101 Å². The predicted molar refractivity (Wildman–Crippen MR) is 139 cm³/mol. The molecule has 0 spiro atoms. The lowest BCUT2D eigenvalue weighted by Gasteiger charge is -2.12. The Bertz CT molecular complexity index is 1870. The molecule has 0 aliphatic rings. The molecule has 14 heteroatoms. The minimum absolute atomic E-state index is 0.00790. The molecular weight excluding hydrogens is 569 g/mol. The van der Waals surface area contributed by atoms with Crippen LogP contribution in [0.2, 0.25) is 0 Å². The number of carbonyl (C=O) groups is 1. The van der Waals surface area contributed by atoms with Gasteiger partial charge in [-0.15, -0.1) is 0 Å². The number of aromatic nitrogens is 3. The van der Waals surface area contributed by atoms with E-state index in [2.05, 4.69) is 9.97 Å². The molecule has 3 aromatic carbocycles. The van der Waals surface area contributed by atoms with E-state index in [0.29, 0.717) is 16.1 Å². The fraction of sp³-hybridized carbons (Fsp3) is 0.111. The largest absolute Gasteiger partial charge is 0.481 e. The van der Waals surface area contributed by atoms with Gasteiger partial charge in [-0.3, -0.25) is 9.13 Å². The van der Waals surface area contributed by atoms with Crippen LogP contribution in [-0.4, -0.2) is 35.2 Å². The van der Waals surface area contributed by atoms with Crippen LogP contribution >= 0.6 is 7.75 Å². The second-order valence-corrected chi connectivity index (χ2v) is 10.6. The first-order valence-electron chi connectivity index (χ1n) is 11.9. The van der Waals surface area contributed by atoms with Crippen molar-refractivity contribution in [1.82, 2.24) is 14.3 Å². The van der Waals surface area contributed by atoms with Gasteiger partial charge in [-0.25, -0.2) is 27.1 Å². The van der Waals surface area contributed by atoms with Crippen LogP contribution in [0.4, 0.5) is 17.6 Å². The average molecular weight is 589 g/mol. The SMILES string of the molecule is CC(C(=O)O)c1cccc(Cc2cnc(-c3cc(Oc4c(F)cc5c(ccn5P(=O)(O)O)c4F)ccc3F)[nH]2)c1F. The third kappa shape index (κ3) is 5.34. The summed E-state index contributed by atoms with van der Waals surface area (Å²) in [6, 6.07) is 9.40. The number of carboxylic acid groups (broad SMARTS) is 1. The van der Waals surface area contributed by atoms with Crippen molar-refractivity contribution < 1.29 is 46.6 Å². The molecule has 0 saturated heterocycles. The summed E-state index contributed by atoms with van der Waals surface area (Å²) in [5, 5.41) is 8.91. The molecule has 0 aliphatic carbocycles. The van der Waals surface area contributed by atoms with E-state index < -0.39 is 48.7 Å². The number of benzene rings is 3. The zero-order chi connectivity index (χ0) is 29.6. The number of fused-ring (bicyclic) bond motifs is 1. The van der Waals surface area contributed by atoms with E-state index >= 15 is 4.39 Å². The molecule has 0 radical (unpaired) electrons. The maximum atomic E-state index is 15.1. The molecule has 41 heavy (non-hydrogen) atoms. The van der Waals surface area contributed by atoms with E-state index in [-0.39, 0.29) is 45.6 Å². The topological polar surface area (TPSA) is 138 Å². The summed E-state index contributed by atoms with van der Waals surface area (Å²) in [6.45, 7) is 1.37. The third-order valence-electron chi connectivity index (χ3n) is 6.47. The lowest BCUT2D eigenvalue weighted by Crippen LogP contribution is -2.10. The van der Waals surface area contributed by atoms with Crippen LogP contribution < -0.4 is 4.74 Å². The number of hydrogen-bond donors (Lipinski definition) is 4. The van der Waals surface area contributed by atoms with Crippen molar-refractivity contribution in [2.24, 2.45) is 0 Å². The standard InChI is InChI=1S/C27H20F4N3O6P/c1-13(27(35)36)17-4-2-3-14(23(17)30)9-15-12-32-26(33-15)19-10-16(5-6-20(19)28)40-25-21(29)11-22-18(24(25)31)7-8-34(22)41(37,38)39/h2-8,10-13H,9H2,1H3,(H,32,33)(H,35,36)(H2,37,38,39). The number of aromatic amines is 1. The number of carboxylic acids is 1. The first-order chi connectivity index (χ1) is 19.3. The van der Waals surface area contributed by atoms with E-state index in [1.807, 2.05) is 0 Å². The molecule has 4 N–H and O–H groups in total. The molecule has 212 valence electrons. The van der Waals surface area contributed by atoms with Gasteiger partial charge in [0.1, 0.15) is 23.2 Å². The number of H-pyrrole nitrogens is 1. The van der Waals surface area contributed by atoms with Crippen molar-refractivity contribution in [2.75, 3.05) is 0 Å². The van der Waals surface area contributed by atoms with Crippen LogP contribution in [0.15, 0.2) is 60.9 Å². The molecular formula is C27H20F4N3O6P. The van der Waals surface area contributed by atoms with Crippen molar-refractivity contribution in [3.8, 4) is 22.9 Å². The van der Waals surface area contributed by atoms with E-state index in [1.54, 1.807) is 0 Å². The van der Waals surface area contributed by atoms with Gasteiger partial charge in [0.15, 0.2) is 17.4 Å². The summed E-state index contributed by atoms with van der Waals surface area (Å²) in [4.78, 5) is 37.0. The summed E-state index contributed by atoms with van der Waals surface area (Å²) in [6.07, 6.45) is 2.24. The minimum atomic E-state index is -4.87. The highest BCUT2D eigenvalue weighted by Crippen LogP contribution is 2.43. The van der Waals surface area contributed by atoms with Gasteiger partial charge in [-0.1, -0.05) is 18.2 Å². The van der Waals surface area contributed by atoms with Crippen molar-refractivity contribution in [3.63, 3.8) is 0 Å². The molecule has 0 amide bonds. The summed E-state index contributed by atoms with van der Waals surface area (Å²) in [5.41, 5.74) is 0.0701. The number of nitrogens with one attached hydrogen (secondary N) is 1. The highest BCUT2D eigenvalue weighted by atomic mass is 31.2. The average Bonchev–Trinajstić information content (AvgIpc) is 3.55. The monoisotopic (exact) mass is 589 g/mol. The maximum absolute atomic E-state index is 15.1. The molecule has 5 aromatic rings. The van der Waals surface area contributed by atoms with Gasteiger partial charge < -0.3 is 24.6 Å². The predicted octanol–water partition coefficient (Wildman–Crippen LogP) is 6.10. The number of imidazole rings is 1. The van der Waals surface area contributed by atoms with Crippen LogP contribution in [0.1, 0.15) is 29.7 Å². The number of aliphatic carboxylic acids is 1. The van der Waals surface area contributed by atoms with E-state index in [4.69, 9.17) is 4.74 Å². The second kappa shape index (κ2) is 10.5. The van der Waals surface area contributed by atoms with Crippen molar-refractivity contribution in [1.29, 1.82) is 0 Å². The van der Waals surface area contributed by atoms with Gasteiger partial charge in [-0.05, 0) is 36.8 Å². The van der Waals surface area contributed by atoms with Gasteiger partial charge in [0.05, 0.1) is 17.0 Å². The molecule has 2 aromatic heterocycles. The Morgan fingerprint density at radius 1 is 1.07 bits per heavy atom. The van der Waals surface area contributed by atoms with Gasteiger partial charge in [0, 0.05) is 41.5 Å². The van der Waals surface area contributed by atoms with Crippen LogP contribution in [0, 0.1) is 23.3 Å². The maximum Gasteiger partial charge on any atom is 0.434 e. The lowest BCUT2D eigenvalue weighted by atomic mass is 9.97. The molecule has 0 fully saturated rings. The Labute approximate surface area is 228 Å². The normalized spacial score (nSPS) is 12.6. The Morgan fingerprint density at radius 2 is 1.83 bits per heavy atom. The van der Waals surface area contributed by atoms with E-state index in [1.165, 1.54) is 31.3 Å². The van der Waals surface area contributed by atoms with E-state index in [0.717, 1.165) is 30.5 Å². The highest BCUT2D eigenvalue weighted by molar-refractivity contribution is 7.50. The third-order valence-corrected chi connectivity index (χ3v) is 7.38. The number of rotatable bonds is 8. The smallest absolute Gasteiger partial charge is 0.434 e. The van der Waals surface area contributed by atoms with Crippen LogP contribution in [0.3, 0.4) is 0 Å². The zero-order valence-corrected chi connectivity index (χ0v) is 21.9. The fourth-order valence-electron chi connectivity index (χ4n) is 4.36. The molecule has 1 unspecified atom stereocenters. The fourth-order valence-corrected chi connectivity index (χ4v) is 5.05. The van der Waals surface area contributed by atoms with E-state index in [9.17, 15) is 37.4 Å². The molecule has 9 nitrogen and oxygen atoms in total. The van der Waals surface area contributed by atoms with Crippen molar-refractivity contribution >= 4 is 24.6 Å². The number of halogens is 4. The molecule has 1 atom stereocenters. The van der Waals surface area contributed by atoms with Crippen LogP contribution in [-0.2, 0) is 15.8 Å². The van der Waals surface area contributed by atoms with Gasteiger partial charge >= 0.3 is 13.7 Å². The number of ether oxygens (including phenoxy) is 1. The van der Waals surface area contributed by atoms with Gasteiger partial charge in [0.25, 0.3) is 0 Å².